The molecule has 3 N–H and O–H groups in total. The van der Waals surface area contributed by atoms with Crippen LogP contribution < -0.4 is 11.1 Å². The summed E-state index contributed by atoms with van der Waals surface area (Å²) in [6, 6.07) is 5.44. The van der Waals surface area contributed by atoms with Crippen LogP contribution in [0.3, 0.4) is 0 Å². The van der Waals surface area contributed by atoms with Gasteiger partial charge in [0.25, 0.3) is 0 Å². The van der Waals surface area contributed by atoms with Gasteiger partial charge in [0.15, 0.2) is 0 Å². The summed E-state index contributed by atoms with van der Waals surface area (Å²) in [7, 11) is 1.65. The van der Waals surface area contributed by atoms with Gasteiger partial charge in [-0.2, -0.15) is 0 Å². The first-order chi connectivity index (χ1) is 15.2. The van der Waals surface area contributed by atoms with Crippen LogP contribution >= 0.6 is 11.6 Å². The Morgan fingerprint density at radius 3 is 2.62 bits per heavy atom. The highest BCUT2D eigenvalue weighted by Gasteiger charge is 2.37. The second-order valence-corrected chi connectivity index (χ2v) is 9.17. The molecule has 1 aliphatic carbocycles. The summed E-state index contributed by atoms with van der Waals surface area (Å²) >= 11 is 6.06. The predicted molar refractivity (Wildman–Crippen MR) is 125 cm³/mol. The Labute approximate surface area is 194 Å². The molecule has 3 rings (SSSR count). The normalized spacial score (nSPS) is 24.7. The second kappa shape index (κ2) is 10.6. The number of nitrogens with one attached hydrogen (secondary N) is 1. The number of nitrogens with zero attached hydrogens (tertiary/aromatic N) is 2. The minimum Gasteiger partial charge on any atom is -0.358 e. The van der Waals surface area contributed by atoms with Gasteiger partial charge >= 0.3 is 0 Å². The molecule has 0 radical (unpaired) electrons. The fraction of sp³-hybridized carbons (Fsp3) is 0.500. The van der Waals surface area contributed by atoms with Crippen LogP contribution in [0.4, 0.5) is 4.39 Å². The average Bonchev–Trinajstić information content (AvgIpc) is 2.79. The zero-order valence-corrected chi connectivity index (χ0v) is 19.4. The number of halogens is 2. The highest BCUT2D eigenvalue weighted by molar-refractivity contribution is 6.31. The molecule has 2 aliphatic rings. The molecule has 0 bridgehead atoms. The Bertz CT molecular complexity index is 888. The van der Waals surface area contributed by atoms with E-state index in [1.807, 2.05) is 24.0 Å². The number of hydrogen-bond donors (Lipinski definition) is 2. The van der Waals surface area contributed by atoms with Gasteiger partial charge < -0.3 is 16.0 Å². The van der Waals surface area contributed by atoms with Gasteiger partial charge in [0.2, 0.25) is 11.8 Å². The van der Waals surface area contributed by atoms with Crippen LogP contribution in [-0.4, -0.2) is 66.9 Å². The highest BCUT2D eigenvalue weighted by Crippen LogP contribution is 2.35. The van der Waals surface area contributed by atoms with Gasteiger partial charge in [-0.25, -0.2) is 4.39 Å². The van der Waals surface area contributed by atoms with Gasteiger partial charge in [0, 0.05) is 37.8 Å². The van der Waals surface area contributed by atoms with Crippen molar-refractivity contribution >= 4 is 23.4 Å². The first kappa shape index (κ1) is 24.4. The number of piperazine rings is 1. The number of nitrogens with two attached hydrogens (primary N) is 1. The first-order valence-electron chi connectivity index (χ1n) is 11.0. The third-order valence-corrected chi connectivity index (χ3v) is 6.74. The van der Waals surface area contributed by atoms with Crippen molar-refractivity contribution < 1.29 is 14.0 Å². The fourth-order valence-electron chi connectivity index (χ4n) is 4.47. The largest absolute Gasteiger partial charge is 0.358 e. The Kier molecular flexibility index (Phi) is 8.09. The fourth-order valence-corrected chi connectivity index (χ4v) is 4.61. The number of rotatable bonds is 7. The zero-order valence-electron chi connectivity index (χ0n) is 18.7. The molecule has 1 aromatic rings. The number of benzene rings is 1. The Morgan fingerprint density at radius 2 is 2.03 bits per heavy atom. The topological polar surface area (TPSA) is 78.7 Å². The van der Waals surface area contributed by atoms with Gasteiger partial charge in [-0.15, -0.1) is 0 Å². The Balaban J connectivity index is 1.54. The van der Waals surface area contributed by atoms with E-state index in [-0.39, 0.29) is 23.7 Å². The van der Waals surface area contributed by atoms with E-state index < -0.39 is 11.5 Å². The van der Waals surface area contributed by atoms with Crippen molar-refractivity contribution in [1.29, 1.82) is 0 Å². The SMILES string of the molecule is CNC(=O)C1(CCN2CCN(C(=O)C(N)Cc3ccc(F)cc3)C(C)C2)C=CC(Cl)=CC1. The standard InChI is InChI=1S/C24H32ClFN4O2/c1-17-16-29(12-11-24(23(32)28-2)9-7-19(25)8-10-24)13-14-30(17)22(31)21(27)15-18-3-5-20(26)6-4-18/h3-9,17,21H,10-16,27H2,1-2H3,(H,28,32). The minimum atomic E-state index is -0.658. The van der Waals surface area contributed by atoms with Crippen molar-refractivity contribution in [1.82, 2.24) is 15.1 Å². The van der Waals surface area contributed by atoms with E-state index in [1.165, 1.54) is 12.1 Å². The van der Waals surface area contributed by atoms with Gasteiger partial charge in [-0.1, -0.05) is 35.9 Å². The van der Waals surface area contributed by atoms with Gasteiger partial charge in [-0.3, -0.25) is 14.5 Å². The van der Waals surface area contributed by atoms with E-state index in [0.717, 1.165) is 25.2 Å². The summed E-state index contributed by atoms with van der Waals surface area (Å²) < 4.78 is 13.1. The van der Waals surface area contributed by atoms with E-state index >= 15 is 0 Å². The molecule has 0 aromatic heterocycles. The molecule has 3 unspecified atom stereocenters. The van der Waals surface area contributed by atoms with Crippen molar-refractivity contribution in [3.8, 4) is 0 Å². The van der Waals surface area contributed by atoms with Crippen molar-refractivity contribution in [2.24, 2.45) is 11.1 Å². The van der Waals surface area contributed by atoms with E-state index in [2.05, 4.69) is 10.2 Å². The summed E-state index contributed by atoms with van der Waals surface area (Å²) in [5.74, 6) is -0.402. The molecule has 1 aromatic carbocycles. The number of carbonyl (C=O) groups is 2. The van der Waals surface area contributed by atoms with Crippen LogP contribution in [0.2, 0.25) is 0 Å². The molecule has 1 heterocycles. The molecule has 174 valence electrons. The molecule has 2 amide bonds. The van der Waals surface area contributed by atoms with E-state index in [1.54, 1.807) is 25.3 Å². The third kappa shape index (κ3) is 5.77. The van der Waals surface area contributed by atoms with Crippen LogP contribution in [0.1, 0.15) is 25.3 Å². The lowest BCUT2D eigenvalue weighted by Gasteiger charge is -2.42. The molecule has 1 aliphatic heterocycles. The predicted octanol–water partition coefficient (Wildman–Crippen LogP) is 2.43. The first-order valence-corrected chi connectivity index (χ1v) is 11.4. The van der Waals surface area contributed by atoms with Crippen LogP contribution in [-0.2, 0) is 16.0 Å². The molecular weight excluding hydrogens is 431 g/mol. The summed E-state index contributed by atoms with van der Waals surface area (Å²) in [4.78, 5) is 29.6. The van der Waals surface area contributed by atoms with Crippen molar-refractivity contribution in [3.05, 3.63) is 58.9 Å². The lowest BCUT2D eigenvalue weighted by molar-refractivity contribution is -0.137. The van der Waals surface area contributed by atoms with Gasteiger partial charge in [-0.05, 0) is 56.5 Å². The second-order valence-electron chi connectivity index (χ2n) is 8.73. The lowest BCUT2D eigenvalue weighted by atomic mass is 9.77. The zero-order chi connectivity index (χ0) is 23.3. The monoisotopic (exact) mass is 462 g/mol. The molecule has 32 heavy (non-hydrogen) atoms. The minimum absolute atomic E-state index is 0.0113. The molecular formula is C24H32ClFN4O2. The third-order valence-electron chi connectivity index (χ3n) is 6.46. The van der Waals surface area contributed by atoms with Crippen LogP contribution in [0.15, 0.2) is 47.5 Å². The average molecular weight is 463 g/mol. The number of hydrogen-bond acceptors (Lipinski definition) is 4. The van der Waals surface area contributed by atoms with Crippen LogP contribution in [0.5, 0.6) is 0 Å². The van der Waals surface area contributed by atoms with E-state index in [0.29, 0.717) is 30.8 Å². The Hall–Kier alpha value is -2.22. The number of allylic oxidation sites excluding steroid dienone is 3. The molecule has 0 spiro atoms. The number of carbonyl (C=O) groups excluding carboxylic acids is 2. The van der Waals surface area contributed by atoms with E-state index in [9.17, 15) is 14.0 Å². The summed E-state index contributed by atoms with van der Waals surface area (Å²) in [5, 5.41) is 3.43. The van der Waals surface area contributed by atoms with Crippen molar-refractivity contribution in [3.63, 3.8) is 0 Å². The summed E-state index contributed by atoms with van der Waals surface area (Å²) in [6.07, 6.45) is 7.22. The van der Waals surface area contributed by atoms with Crippen molar-refractivity contribution in [2.75, 3.05) is 33.2 Å². The number of amides is 2. The summed E-state index contributed by atoms with van der Waals surface area (Å²) in [5.41, 5.74) is 6.43. The smallest absolute Gasteiger partial charge is 0.240 e. The Morgan fingerprint density at radius 1 is 1.31 bits per heavy atom. The molecule has 3 atom stereocenters. The molecule has 1 fully saturated rings. The molecule has 6 nitrogen and oxygen atoms in total. The van der Waals surface area contributed by atoms with Crippen molar-refractivity contribution in [2.45, 2.75) is 38.3 Å². The molecule has 8 heteroatoms. The maximum Gasteiger partial charge on any atom is 0.240 e. The van der Waals surface area contributed by atoms with Crippen LogP contribution in [0, 0.1) is 11.2 Å². The highest BCUT2D eigenvalue weighted by atomic mass is 35.5. The van der Waals surface area contributed by atoms with Gasteiger partial charge in [0.1, 0.15) is 5.82 Å². The maximum atomic E-state index is 13.1. The quantitative estimate of drug-likeness (QED) is 0.652. The van der Waals surface area contributed by atoms with Crippen LogP contribution in [0.25, 0.3) is 0 Å². The van der Waals surface area contributed by atoms with E-state index in [4.69, 9.17) is 17.3 Å². The summed E-state index contributed by atoms with van der Waals surface area (Å²) in [6.45, 7) is 4.80. The molecule has 1 saturated heterocycles. The lowest BCUT2D eigenvalue weighted by Crippen LogP contribution is -2.58. The molecule has 0 saturated carbocycles. The maximum absolute atomic E-state index is 13.1. The van der Waals surface area contributed by atoms with Gasteiger partial charge in [0.05, 0.1) is 11.5 Å².